The van der Waals surface area contributed by atoms with Crippen LogP contribution in [0.15, 0.2) is 54.6 Å². The predicted octanol–water partition coefficient (Wildman–Crippen LogP) is 7.31. The first-order valence-corrected chi connectivity index (χ1v) is 12.9. The number of nitrogens with one attached hydrogen (secondary N) is 1. The molecule has 0 heterocycles. The van der Waals surface area contributed by atoms with E-state index < -0.39 is 0 Å². The molecule has 32 heavy (non-hydrogen) atoms. The quantitative estimate of drug-likeness (QED) is 0.541. The summed E-state index contributed by atoms with van der Waals surface area (Å²) < 4.78 is 0. The number of benzene rings is 2. The van der Waals surface area contributed by atoms with Gasteiger partial charge in [0.15, 0.2) is 0 Å². The summed E-state index contributed by atoms with van der Waals surface area (Å²) >= 11 is 0. The van der Waals surface area contributed by atoms with Crippen LogP contribution in [-0.2, 0) is 4.79 Å². The summed E-state index contributed by atoms with van der Waals surface area (Å²) in [5.41, 5.74) is 3.36. The lowest BCUT2D eigenvalue weighted by Gasteiger charge is -2.55. The average Bonchev–Trinajstić information content (AvgIpc) is 2.81. The van der Waals surface area contributed by atoms with Crippen LogP contribution in [0.3, 0.4) is 0 Å². The van der Waals surface area contributed by atoms with Crippen LogP contribution in [0.1, 0.15) is 70.6 Å². The number of anilines is 3. The van der Waals surface area contributed by atoms with E-state index in [1.165, 1.54) is 62.7 Å². The highest BCUT2D eigenvalue weighted by molar-refractivity contribution is 5.95. The smallest absolute Gasteiger partial charge is 0.230 e. The average molecular weight is 429 g/mol. The van der Waals surface area contributed by atoms with Gasteiger partial charge in [0.25, 0.3) is 0 Å². The third kappa shape index (κ3) is 3.74. The van der Waals surface area contributed by atoms with E-state index in [2.05, 4.69) is 64.8 Å². The molecule has 0 unspecified atom stereocenters. The normalized spacial score (nSPS) is 31.4. The zero-order valence-electron chi connectivity index (χ0n) is 19.1. The predicted molar refractivity (Wildman–Crippen MR) is 131 cm³/mol. The molecule has 0 spiro atoms. The monoisotopic (exact) mass is 428 g/mol. The molecule has 0 atom stereocenters. The molecule has 5 saturated carbocycles. The number of para-hydroxylation sites is 1. The number of hydrogen-bond donors (Lipinski definition) is 1. The van der Waals surface area contributed by atoms with Crippen LogP contribution in [0.2, 0.25) is 0 Å². The topological polar surface area (TPSA) is 32.3 Å². The molecule has 4 bridgehead atoms. The van der Waals surface area contributed by atoms with Crippen LogP contribution in [0, 0.1) is 23.2 Å². The number of hydrogen-bond acceptors (Lipinski definition) is 2. The third-order valence-corrected chi connectivity index (χ3v) is 8.90. The molecule has 7 rings (SSSR count). The summed E-state index contributed by atoms with van der Waals surface area (Å²) in [6.07, 6.45) is 14.0. The molecule has 0 saturated heterocycles. The number of rotatable bonds is 5. The maximum absolute atomic E-state index is 13.4. The van der Waals surface area contributed by atoms with Gasteiger partial charge < -0.3 is 10.2 Å². The summed E-state index contributed by atoms with van der Waals surface area (Å²) in [5, 5.41) is 3.33. The summed E-state index contributed by atoms with van der Waals surface area (Å²) in [6, 6.07) is 20.0. The van der Waals surface area contributed by atoms with Crippen LogP contribution in [0.25, 0.3) is 0 Å². The maximum Gasteiger partial charge on any atom is 0.230 e. The van der Waals surface area contributed by atoms with Crippen molar-refractivity contribution in [3.63, 3.8) is 0 Å². The van der Waals surface area contributed by atoms with Crippen LogP contribution in [-0.4, -0.2) is 11.9 Å². The number of amides is 1. The Kier molecular flexibility index (Phi) is 5.24. The third-order valence-electron chi connectivity index (χ3n) is 8.90. The molecule has 168 valence electrons. The van der Waals surface area contributed by atoms with Gasteiger partial charge in [-0.3, -0.25) is 4.79 Å². The molecule has 2 aromatic rings. The summed E-state index contributed by atoms with van der Waals surface area (Å²) in [7, 11) is 0. The molecule has 0 radical (unpaired) electrons. The Morgan fingerprint density at radius 2 is 1.31 bits per heavy atom. The van der Waals surface area contributed by atoms with Crippen LogP contribution in [0.5, 0.6) is 0 Å². The molecule has 1 N–H and O–H groups in total. The zero-order chi connectivity index (χ0) is 21.5. The first kappa shape index (κ1) is 20.3. The van der Waals surface area contributed by atoms with Crippen LogP contribution in [0.4, 0.5) is 17.1 Å². The zero-order valence-corrected chi connectivity index (χ0v) is 19.1. The molecule has 3 nitrogen and oxygen atoms in total. The van der Waals surface area contributed by atoms with Gasteiger partial charge in [-0.1, -0.05) is 37.5 Å². The lowest BCUT2D eigenvalue weighted by Crippen LogP contribution is -2.51. The van der Waals surface area contributed by atoms with Crippen molar-refractivity contribution in [2.45, 2.75) is 76.7 Å². The van der Waals surface area contributed by atoms with Gasteiger partial charge in [-0.05, 0) is 106 Å². The summed E-state index contributed by atoms with van der Waals surface area (Å²) in [5.74, 6) is 2.68. The van der Waals surface area contributed by atoms with Gasteiger partial charge >= 0.3 is 0 Å². The van der Waals surface area contributed by atoms with Gasteiger partial charge in [0.2, 0.25) is 5.91 Å². The van der Waals surface area contributed by atoms with Crippen molar-refractivity contribution in [1.29, 1.82) is 0 Å². The number of nitrogens with zero attached hydrogens (tertiary/aromatic N) is 1. The van der Waals surface area contributed by atoms with Crippen molar-refractivity contribution in [2.24, 2.45) is 23.2 Å². The fourth-order valence-corrected chi connectivity index (χ4v) is 7.86. The van der Waals surface area contributed by atoms with E-state index >= 15 is 0 Å². The van der Waals surface area contributed by atoms with Crippen LogP contribution < -0.4 is 10.2 Å². The molecule has 0 aliphatic heterocycles. The Labute approximate surface area is 192 Å². The van der Waals surface area contributed by atoms with Crippen molar-refractivity contribution in [2.75, 3.05) is 10.2 Å². The molecular weight excluding hydrogens is 392 g/mol. The fourth-order valence-electron chi connectivity index (χ4n) is 7.86. The molecule has 1 amide bonds. The molecular formula is C29H36N2O. The van der Waals surface area contributed by atoms with E-state index in [1.54, 1.807) is 0 Å². The second-order valence-corrected chi connectivity index (χ2v) is 11.2. The Bertz CT molecular complexity index is 910. The molecule has 0 aromatic heterocycles. The number of carbonyl (C=O) groups excluding carboxylic acids is 1. The molecule has 5 fully saturated rings. The summed E-state index contributed by atoms with van der Waals surface area (Å²) in [6.45, 7) is 0. The lowest BCUT2D eigenvalue weighted by molar-refractivity contribution is -0.140. The van der Waals surface area contributed by atoms with E-state index in [9.17, 15) is 4.79 Å². The maximum atomic E-state index is 13.4. The Morgan fingerprint density at radius 1 is 0.750 bits per heavy atom. The molecule has 2 aromatic carbocycles. The van der Waals surface area contributed by atoms with Gasteiger partial charge in [-0.25, -0.2) is 0 Å². The Hall–Kier alpha value is -2.29. The van der Waals surface area contributed by atoms with Crippen molar-refractivity contribution >= 4 is 23.0 Å². The number of carbonyl (C=O) groups is 1. The van der Waals surface area contributed by atoms with E-state index in [4.69, 9.17) is 0 Å². The van der Waals surface area contributed by atoms with Gasteiger partial charge in [0.1, 0.15) is 0 Å². The fraction of sp³-hybridized carbons (Fsp3) is 0.552. The van der Waals surface area contributed by atoms with Gasteiger partial charge in [0.05, 0.1) is 5.41 Å². The molecule has 5 aliphatic carbocycles. The minimum atomic E-state index is -0.0917. The SMILES string of the molecule is O=C(Nc1ccc(N(c2ccccc2)C2CCCCC2)cc1)C12CC3CC(CC(C3)C1)C2. The minimum Gasteiger partial charge on any atom is -0.338 e. The van der Waals surface area contributed by atoms with Crippen molar-refractivity contribution in [1.82, 2.24) is 0 Å². The van der Waals surface area contributed by atoms with Crippen molar-refractivity contribution in [3.8, 4) is 0 Å². The Balaban J connectivity index is 1.21. The van der Waals surface area contributed by atoms with Gasteiger partial charge in [-0.2, -0.15) is 0 Å². The van der Waals surface area contributed by atoms with E-state index in [0.29, 0.717) is 6.04 Å². The second kappa shape index (κ2) is 8.24. The summed E-state index contributed by atoms with van der Waals surface area (Å²) in [4.78, 5) is 15.9. The van der Waals surface area contributed by atoms with Crippen molar-refractivity contribution in [3.05, 3.63) is 54.6 Å². The first-order chi connectivity index (χ1) is 15.7. The highest BCUT2D eigenvalue weighted by Gasteiger charge is 2.54. The standard InChI is InChI=1S/C29H36N2O/c32-28(29-18-21-15-22(19-29)17-23(16-21)20-29)30-24-11-13-27(14-12-24)31(25-7-3-1-4-8-25)26-9-5-2-6-10-26/h1,3-4,7-8,11-14,21-23,26H,2,5-6,9-10,15-20H2,(H,30,32). The van der Waals surface area contributed by atoms with E-state index in [-0.39, 0.29) is 11.3 Å². The first-order valence-electron chi connectivity index (χ1n) is 12.9. The highest BCUT2D eigenvalue weighted by Crippen LogP contribution is 2.60. The van der Waals surface area contributed by atoms with Crippen molar-refractivity contribution < 1.29 is 4.79 Å². The Morgan fingerprint density at radius 3 is 1.91 bits per heavy atom. The van der Waals surface area contributed by atoms with Gasteiger partial charge in [0, 0.05) is 23.1 Å². The second-order valence-electron chi connectivity index (χ2n) is 11.2. The lowest BCUT2D eigenvalue weighted by atomic mass is 9.49. The largest absolute Gasteiger partial charge is 0.338 e. The minimum absolute atomic E-state index is 0.0917. The van der Waals surface area contributed by atoms with E-state index in [1.807, 2.05) is 0 Å². The highest BCUT2D eigenvalue weighted by atomic mass is 16.2. The van der Waals surface area contributed by atoms with Crippen LogP contribution >= 0.6 is 0 Å². The van der Waals surface area contributed by atoms with Gasteiger partial charge in [-0.15, -0.1) is 0 Å². The molecule has 5 aliphatic rings. The van der Waals surface area contributed by atoms with E-state index in [0.717, 1.165) is 42.7 Å². The molecule has 3 heteroatoms.